The van der Waals surface area contributed by atoms with E-state index in [1.54, 1.807) is 0 Å². The molecule has 3 nitrogen and oxygen atoms in total. The Kier molecular flexibility index (Phi) is 1.46. The fourth-order valence-electron chi connectivity index (χ4n) is 1.64. The van der Waals surface area contributed by atoms with Crippen molar-refractivity contribution < 1.29 is 14.3 Å². The number of rotatable bonds is 0. The molecule has 0 aromatic carbocycles. The fourth-order valence-corrected chi connectivity index (χ4v) is 1.64. The average molecular weight is 154 g/mol. The van der Waals surface area contributed by atoms with E-state index in [2.05, 4.69) is 0 Å². The third-order valence-electron chi connectivity index (χ3n) is 2.21. The minimum atomic E-state index is -0.284. The Bertz CT molecular complexity index is 219. The van der Waals surface area contributed by atoms with Gasteiger partial charge in [-0.3, -0.25) is 0 Å². The maximum Gasteiger partial charge on any atom is 0.336 e. The molecule has 0 radical (unpaired) electrons. The molecule has 3 heteroatoms. The summed E-state index contributed by atoms with van der Waals surface area (Å²) in [4.78, 5) is 11.0. The summed E-state index contributed by atoms with van der Waals surface area (Å²) in [6.07, 6.45) is 2.45. The zero-order chi connectivity index (χ0) is 7.84. The predicted octanol–water partition coefficient (Wildman–Crippen LogP) is 0.852. The summed E-state index contributed by atoms with van der Waals surface area (Å²) in [6, 6.07) is 0. The Morgan fingerprint density at radius 2 is 2.45 bits per heavy atom. The van der Waals surface area contributed by atoms with Gasteiger partial charge >= 0.3 is 5.97 Å². The van der Waals surface area contributed by atoms with Gasteiger partial charge in [0, 0.05) is 5.57 Å². The largest absolute Gasteiger partial charge is 0.432 e. The maximum atomic E-state index is 11.0. The second-order valence-electron chi connectivity index (χ2n) is 2.78. The number of fused-ring (bicyclic) bond motifs is 1. The van der Waals surface area contributed by atoms with Crippen LogP contribution in [0.3, 0.4) is 0 Å². The number of esters is 1. The van der Waals surface area contributed by atoms with E-state index >= 15 is 0 Å². The highest BCUT2D eigenvalue weighted by molar-refractivity contribution is 5.91. The van der Waals surface area contributed by atoms with Crippen molar-refractivity contribution in [2.24, 2.45) is 5.92 Å². The van der Waals surface area contributed by atoms with Crippen molar-refractivity contribution in [1.29, 1.82) is 0 Å². The number of carbonyl (C=O) groups is 1. The molecular formula is C8H10O3. The lowest BCUT2D eigenvalue weighted by Gasteiger charge is -2.03. The minimum absolute atomic E-state index is 0.201. The second-order valence-corrected chi connectivity index (χ2v) is 2.78. The normalized spacial score (nSPS) is 39.4. The van der Waals surface area contributed by atoms with Crippen LogP contribution in [-0.4, -0.2) is 18.9 Å². The summed E-state index contributed by atoms with van der Waals surface area (Å²) in [5, 5.41) is 0. The van der Waals surface area contributed by atoms with Gasteiger partial charge in [-0.2, -0.15) is 0 Å². The van der Waals surface area contributed by atoms with E-state index in [0.29, 0.717) is 6.61 Å². The SMILES string of the molecule is C/C=C1\C(=O)O[C@H]2OCC[C@@H]12. The van der Waals surface area contributed by atoms with E-state index in [-0.39, 0.29) is 18.2 Å². The molecule has 0 aromatic rings. The van der Waals surface area contributed by atoms with Crippen molar-refractivity contribution in [1.82, 2.24) is 0 Å². The van der Waals surface area contributed by atoms with Crippen molar-refractivity contribution in [2.45, 2.75) is 19.6 Å². The molecule has 0 amide bonds. The number of hydrogen-bond acceptors (Lipinski definition) is 3. The van der Waals surface area contributed by atoms with Gasteiger partial charge < -0.3 is 9.47 Å². The lowest BCUT2D eigenvalue weighted by molar-refractivity contribution is -0.157. The third kappa shape index (κ3) is 0.878. The van der Waals surface area contributed by atoms with Crippen LogP contribution in [0.1, 0.15) is 13.3 Å². The lowest BCUT2D eigenvalue weighted by Crippen LogP contribution is -2.10. The first kappa shape index (κ1) is 6.85. The smallest absolute Gasteiger partial charge is 0.336 e. The van der Waals surface area contributed by atoms with Crippen LogP contribution < -0.4 is 0 Å². The molecule has 0 spiro atoms. The molecule has 0 unspecified atom stereocenters. The lowest BCUT2D eigenvalue weighted by atomic mass is 10.00. The van der Waals surface area contributed by atoms with Crippen LogP contribution in [0, 0.1) is 5.92 Å². The molecule has 2 atom stereocenters. The number of allylic oxidation sites excluding steroid dienone is 1. The van der Waals surface area contributed by atoms with E-state index in [1.807, 2.05) is 13.0 Å². The van der Waals surface area contributed by atoms with E-state index in [0.717, 1.165) is 12.0 Å². The molecule has 0 bridgehead atoms. The molecule has 2 rings (SSSR count). The summed E-state index contributed by atoms with van der Waals surface area (Å²) in [7, 11) is 0. The monoisotopic (exact) mass is 154 g/mol. The molecule has 11 heavy (non-hydrogen) atoms. The Hall–Kier alpha value is -0.830. The molecule has 2 heterocycles. The minimum Gasteiger partial charge on any atom is -0.432 e. The van der Waals surface area contributed by atoms with Crippen LogP contribution in [0.5, 0.6) is 0 Å². The van der Waals surface area contributed by atoms with Crippen LogP contribution in [0.25, 0.3) is 0 Å². The molecule has 0 N–H and O–H groups in total. The van der Waals surface area contributed by atoms with Gasteiger partial charge in [0.1, 0.15) is 0 Å². The zero-order valence-corrected chi connectivity index (χ0v) is 6.37. The van der Waals surface area contributed by atoms with Gasteiger partial charge in [0.25, 0.3) is 0 Å². The van der Waals surface area contributed by atoms with Gasteiger partial charge in [-0.05, 0) is 13.3 Å². The molecule has 60 valence electrons. The highest BCUT2D eigenvalue weighted by Gasteiger charge is 2.43. The average Bonchev–Trinajstić information content (AvgIpc) is 2.46. The Balaban J connectivity index is 2.27. The zero-order valence-electron chi connectivity index (χ0n) is 6.37. The van der Waals surface area contributed by atoms with Gasteiger partial charge in [-0.1, -0.05) is 6.08 Å². The van der Waals surface area contributed by atoms with E-state index in [9.17, 15) is 4.79 Å². The van der Waals surface area contributed by atoms with Crippen molar-refractivity contribution in [3.63, 3.8) is 0 Å². The number of ether oxygens (including phenoxy) is 2. The van der Waals surface area contributed by atoms with Crippen LogP contribution in [0.4, 0.5) is 0 Å². The molecule has 0 aliphatic carbocycles. The van der Waals surface area contributed by atoms with Crippen LogP contribution >= 0.6 is 0 Å². The van der Waals surface area contributed by atoms with Crippen LogP contribution in [0.2, 0.25) is 0 Å². The summed E-state index contributed by atoms with van der Waals surface area (Å²) < 4.78 is 10.2. The molecular weight excluding hydrogens is 144 g/mol. The topological polar surface area (TPSA) is 35.5 Å². The maximum absolute atomic E-state index is 11.0. The van der Waals surface area contributed by atoms with Crippen molar-refractivity contribution in [2.75, 3.05) is 6.61 Å². The molecule has 2 saturated heterocycles. The van der Waals surface area contributed by atoms with E-state index in [1.165, 1.54) is 0 Å². The van der Waals surface area contributed by atoms with Gasteiger partial charge in [0.15, 0.2) is 0 Å². The quantitative estimate of drug-likeness (QED) is 0.383. The molecule has 2 aliphatic heterocycles. The van der Waals surface area contributed by atoms with Gasteiger partial charge in [-0.25, -0.2) is 4.79 Å². The molecule has 0 saturated carbocycles. The summed E-state index contributed by atoms with van der Waals surface area (Å²) in [5.74, 6) is -0.00491. The van der Waals surface area contributed by atoms with Crippen molar-refractivity contribution in [3.05, 3.63) is 11.6 Å². The summed E-state index contributed by atoms with van der Waals surface area (Å²) >= 11 is 0. The number of hydrogen-bond donors (Lipinski definition) is 0. The Labute approximate surface area is 65.0 Å². The van der Waals surface area contributed by atoms with Crippen LogP contribution in [-0.2, 0) is 14.3 Å². The standard InChI is InChI=1S/C8H10O3/c1-2-5-6-3-4-10-8(6)11-7(5)9/h2,6,8H,3-4H2,1H3/b5-2-/t6-,8+/m0/s1. The molecule has 2 fully saturated rings. The van der Waals surface area contributed by atoms with Crippen LogP contribution in [0.15, 0.2) is 11.6 Å². The highest BCUT2D eigenvalue weighted by atomic mass is 16.7. The van der Waals surface area contributed by atoms with Crippen molar-refractivity contribution in [3.8, 4) is 0 Å². The Morgan fingerprint density at radius 3 is 3.18 bits per heavy atom. The first-order valence-corrected chi connectivity index (χ1v) is 3.81. The van der Waals surface area contributed by atoms with E-state index < -0.39 is 0 Å². The summed E-state index contributed by atoms with van der Waals surface area (Å²) in [6.45, 7) is 2.57. The first-order chi connectivity index (χ1) is 5.33. The fraction of sp³-hybridized carbons (Fsp3) is 0.625. The third-order valence-corrected chi connectivity index (χ3v) is 2.21. The molecule has 0 aromatic heterocycles. The second kappa shape index (κ2) is 2.34. The van der Waals surface area contributed by atoms with Gasteiger partial charge in [-0.15, -0.1) is 0 Å². The summed E-state index contributed by atoms with van der Waals surface area (Å²) in [5.41, 5.74) is 0.785. The highest BCUT2D eigenvalue weighted by Crippen LogP contribution is 2.35. The number of carbonyl (C=O) groups excluding carboxylic acids is 1. The van der Waals surface area contributed by atoms with Crippen molar-refractivity contribution >= 4 is 5.97 Å². The first-order valence-electron chi connectivity index (χ1n) is 3.81. The van der Waals surface area contributed by atoms with Gasteiger partial charge in [0.2, 0.25) is 6.29 Å². The van der Waals surface area contributed by atoms with E-state index in [4.69, 9.17) is 9.47 Å². The Morgan fingerprint density at radius 1 is 1.64 bits per heavy atom. The van der Waals surface area contributed by atoms with Gasteiger partial charge in [0.05, 0.1) is 12.5 Å². The molecule has 2 aliphatic rings. The predicted molar refractivity (Wildman–Crippen MR) is 37.7 cm³/mol.